The first kappa shape index (κ1) is 19.7. The number of nitrogens with one attached hydrogen (secondary N) is 2. The fourth-order valence-electron chi connectivity index (χ4n) is 2.11. The molecule has 1 amide bonds. The van der Waals surface area contributed by atoms with E-state index in [0.717, 1.165) is 17.0 Å². The van der Waals surface area contributed by atoms with Crippen molar-refractivity contribution < 1.29 is 18.0 Å². The highest BCUT2D eigenvalue weighted by molar-refractivity contribution is 7.99. The Bertz CT molecular complexity index is 827. The number of hydrazine groups is 1. The molecule has 4 nitrogen and oxygen atoms in total. The smallest absolute Gasteiger partial charge is 0.298 e. The molecule has 0 fully saturated rings. The Morgan fingerprint density at radius 3 is 2.35 bits per heavy atom. The van der Waals surface area contributed by atoms with Crippen LogP contribution in [0.2, 0.25) is 0 Å². The van der Waals surface area contributed by atoms with Crippen LogP contribution in [0.15, 0.2) is 47.4 Å². The number of anilines is 1. The van der Waals surface area contributed by atoms with Crippen molar-refractivity contribution in [3.05, 3.63) is 59.2 Å². The van der Waals surface area contributed by atoms with E-state index in [1.54, 1.807) is 42.1 Å². The van der Waals surface area contributed by atoms with E-state index < -0.39 is 17.6 Å². The maximum Gasteiger partial charge on any atom is 0.418 e. The number of carbonyl (C=O) groups is 1. The lowest BCUT2D eigenvalue weighted by Crippen LogP contribution is -2.30. The molecule has 8 heteroatoms. The normalized spacial score (nSPS) is 11.1. The first-order valence-electron chi connectivity index (χ1n) is 7.65. The molecule has 2 aromatic rings. The third-order valence-corrected chi connectivity index (χ3v) is 4.27. The highest BCUT2D eigenvalue weighted by Crippen LogP contribution is 2.35. The topological polar surface area (TPSA) is 64.9 Å². The summed E-state index contributed by atoms with van der Waals surface area (Å²) in [6.45, 7) is 4.09. The lowest BCUT2D eigenvalue weighted by molar-refractivity contribution is -0.137. The van der Waals surface area contributed by atoms with Crippen molar-refractivity contribution in [2.75, 3.05) is 5.43 Å². The summed E-state index contributed by atoms with van der Waals surface area (Å²) < 4.78 is 39.3. The number of rotatable bonds is 5. The van der Waals surface area contributed by atoms with E-state index in [1.807, 2.05) is 13.8 Å². The molecule has 0 aliphatic carbocycles. The molecule has 0 heterocycles. The predicted octanol–water partition coefficient (Wildman–Crippen LogP) is 4.83. The van der Waals surface area contributed by atoms with Crippen LogP contribution in [0.5, 0.6) is 0 Å². The SMILES string of the molecule is CC(C)Sc1ccc(C(=O)NNc2ccc(C#N)cc2C(F)(F)F)cc1. The second kappa shape index (κ2) is 8.15. The third-order valence-electron chi connectivity index (χ3n) is 3.25. The fourth-order valence-corrected chi connectivity index (χ4v) is 2.95. The highest BCUT2D eigenvalue weighted by atomic mass is 32.2. The standard InChI is InChI=1S/C18H16F3N3OS/c1-11(2)26-14-6-4-13(5-7-14)17(25)24-23-16-8-3-12(10-22)9-15(16)18(19,20)21/h3-9,11,23H,1-2H3,(H,24,25). The minimum absolute atomic E-state index is 0.118. The number of hydrogen-bond acceptors (Lipinski definition) is 4. The van der Waals surface area contributed by atoms with Gasteiger partial charge >= 0.3 is 6.18 Å². The van der Waals surface area contributed by atoms with Crippen LogP contribution in [0.25, 0.3) is 0 Å². The van der Waals surface area contributed by atoms with E-state index in [9.17, 15) is 18.0 Å². The Labute approximate surface area is 153 Å². The monoisotopic (exact) mass is 379 g/mol. The van der Waals surface area contributed by atoms with Gasteiger partial charge in [0, 0.05) is 15.7 Å². The molecule has 0 aromatic heterocycles. The Morgan fingerprint density at radius 2 is 1.81 bits per heavy atom. The molecule has 0 aliphatic rings. The van der Waals surface area contributed by atoms with Crippen molar-refractivity contribution in [3.8, 4) is 6.07 Å². The number of carbonyl (C=O) groups excluding carboxylic acids is 1. The maximum absolute atomic E-state index is 13.1. The minimum Gasteiger partial charge on any atom is -0.298 e. The maximum atomic E-state index is 13.1. The summed E-state index contributed by atoms with van der Waals surface area (Å²) >= 11 is 1.64. The van der Waals surface area contributed by atoms with Crippen LogP contribution in [0.3, 0.4) is 0 Å². The van der Waals surface area contributed by atoms with Crippen LogP contribution < -0.4 is 10.9 Å². The number of thioether (sulfide) groups is 1. The summed E-state index contributed by atoms with van der Waals surface area (Å²) in [6.07, 6.45) is -4.66. The summed E-state index contributed by atoms with van der Waals surface area (Å²) in [5, 5.41) is 9.15. The van der Waals surface area contributed by atoms with Crippen LogP contribution in [0.1, 0.15) is 35.3 Å². The quantitative estimate of drug-likeness (QED) is 0.577. The molecule has 0 atom stereocenters. The van der Waals surface area contributed by atoms with Crippen molar-refractivity contribution in [2.24, 2.45) is 0 Å². The molecule has 0 unspecified atom stereocenters. The van der Waals surface area contributed by atoms with Crippen LogP contribution >= 0.6 is 11.8 Å². The van der Waals surface area contributed by atoms with Crippen LogP contribution in [0, 0.1) is 11.3 Å². The number of alkyl halides is 3. The van der Waals surface area contributed by atoms with Crippen LogP contribution in [0.4, 0.5) is 18.9 Å². The summed E-state index contributed by atoms with van der Waals surface area (Å²) in [4.78, 5) is 13.1. The Balaban J connectivity index is 2.11. The molecular weight excluding hydrogens is 363 g/mol. The first-order chi connectivity index (χ1) is 12.2. The number of amides is 1. The van der Waals surface area contributed by atoms with Crippen molar-refractivity contribution in [3.63, 3.8) is 0 Å². The molecular formula is C18H16F3N3OS. The predicted molar refractivity (Wildman–Crippen MR) is 94.7 cm³/mol. The minimum atomic E-state index is -4.66. The van der Waals surface area contributed by atoms with Crippen molar-refractivity contribution >= 4 is 23.4 Å². The summed E-state index contributed by atoms with van der Waals surface area (Å²) in [5.74, 6) is -0.566. The van der Waals surface area contributed by atoms with Crippen molar-refractivity contribution in [1.82, 2.24) is 5.43 Å². The lowest BCUT2D eigenvalue weighted by atomic mass is 10.1. The van der Waals surface area contributed by atoms with Crippen LogP contribution in [-0.2, 0) is 6.18 Å². The second-order valence-corrected chi connectivity index (χ2v) is 7.29. The van der Waals surface area contributed by atoms with Crippen molar-refractivity contribution in [2.45, 2.75) is 30.2 Å². The molecule has 0 spiro atoms. The lowest BCUT2D eigenvalue weighted by Gasteiger charge is -2.15. The van der Waals surface area contributed by atoms with Gasteiger partial charge in [0.25, 0.3) is 5.91 Å². The number of halogens is 3. The summed E-state index contributed by atoms with van der Waals surface area (Å²) in [7, 11) is 0. The Hall–Kier alpha value is -2.66. The van der Waals surface area contributed by atoms with Gasteiger partial charge in [-0.25, -0.2) is 0 Å². The number of benzene rings is 2. The van der Waals surface area contributed by atoms with Crippen LogP contribution in [-0.4, -0.2) is 11.2 Å². The van der Waals surface area contributed by atoms with Gasteiger partial charge in [-0.3, -0.25) is 15.6 Å². The Morgan fingerprint density at radius 1 is 1.15 bits per heavy atom. The van der Waals surface area contributed by atoms with E-state index in [2.05, 4.69) is 10.9 Å². The third kappa shape index (κ3) is 5.17. The highest BCUT2D eigenvalue weighted by Gasteiger charge is 2.34. The van der Waals surface area contributed by atoms with Gasteiger partial charge < -0.3 is 0 Å². The fraction of sp³-hybridized carbons (Fsp3) is 0.222. The van der Waals surface area contributed by atoms with E-state index in [4.69, 9.17) is 5.26 Å². The molecule has 136 valence electrons. The van der Waals surface area contributed by atoms with Gasteiger partial charge in [-0.1, -0.05) is 13.8 Å². The molecule has 2 aromatic carbocycles. The van der Waals surface area contributed by atoms with Gasteiger partial charge in [-0.2, -0.15) is 18.4 Å². The number of hydrogen-bond donors (Lipinski definition) is 2. The van der Waals surface area contributed by atoms with Gasteiger partial charge in [-0.15, -0.1) is 11.8 Å². The average molecular weight is 379 g/mol. The zero-order valence-corrected chi connectivity index (χ0v) is 14.8. The molecule has 0 aliphatic heterocycles. The number of nitriles is 1. The summed E-state index contributed by atoms with van der Waals surface area (Å²) in [5.41, 5.74) is 3.36. The van der Waals surface area contributed by atoms with Gasteiger partial charge in [0.2, 0.25) is 0 Å². The second-order valence-electron chi connectivity index (χ2n) is 5.64. The van der Waals surface area contributed by atoms with Gasteiger partial charge in [0.1, 0.15) is 0 Å². The molecule has 26 heavy (non-hydrogen) atoms. The largest absolute Gasteiger partial charge is 0.418 e. The molecule has 2 N–H and O–H groups in total. The molecule has 2 rings (SSSR count). The van der Waals surface area contributed by atoms with Gasteiger partial charge in [0.15, 0.2) is 0 Å². The van der Waals surface area contributed by atoms with E-state index in [1.165, 1.54) is 6.07 Å². The first-order valence-corrected chi connectivity index (χ1v) is 8.53. The van der Waals surface area contributed by atoms with Gasteiger partial charge in [-0.05, 0) is 42.5 Å². The molecule has 0 radical (unpaired) electrons. The molecule has 0 saturated heterocycles. The zero-order chi connectivity index (χ0) is 19.3. The molecule has 0 saturated carbocycles. The van der Waals surface area contributed by atoms with E-state index >= 15 is 0 Å². The zero-order valence-electron chi connectivity index (χ0n) is 14.0. The van der Waals surface area contributed by atoms with Crippen molar-refractivity contribution in [1.29, 1.82) is 5.26 Å². The van der Waals surface area contributed by atoms with Gasteiger partial charge in [0.05, 0.1) is 22.9 Å². The summed E-state index contributed by atoms with van der Waals surface area (Å²) in [6, 6.07) is 11.5. The van der Waals surface area contributed by atoms with E-state index in [-0.39, 0.29) is 11.3 Å². The number of nitrogens with zero attached hydrogens (tertiary/aromatic N) is 1. The average Bonchev–Trinajstić information content (AvgIpc) is 2.59. The van der Waals surface area contributed by atoms with E-state index in [0.29, 0.717) is 10.8 Å². The molecule has 0 bridgehead atoms. The Kier molecular flexibility index (Phi) is 6.16.